The van der Waals surface area contributed by atoms with E-state index in [1.165, 1.54) is 4.68 Å². The Bertz CT molecular complexity index is 1230. The third-order valence-electron chi connectivity index (χ3n) is 6.12. The summed E-state index contributed by atoms with van der Waals surface area (Å²) in [6, 6.07) is 15.6. The van der Waals surface area contributed by atoms with Crippen molar-refractivity contribution in [2.45, 2.75) is 52.0 Å². The van der Waals surface area contributed by atoms with Crippen LogP contribution >= 0.6 is 0 Å². The zero-order valence-corrected chi connectivity index (χ0v) is 19.5. The molecule has 7 nitrogen and oxygen atoms in total. The van der Waals surface area contributed by atoms with Crippen molar-refractivity contribution in [3.8, 4) is 11.3 Å². The second-order valence-electron chi connectivity index (χ2n) is 8.34. The van der Waals surface area contributed by atoms with Gasteiger partial charge in [-0.05, 0) is 68.9 Å². The van der Waals surface area contributed by atoms with Crippen molar-refractivity contribution in [3.63, 3.8) is 0 Å². The van der Waals surface area contributed by atoms with Gasteiger partial charge in [0.2, 0.25) is 5.91 Å². The lowest BCUT2D eigenvalue weighted by atomic mass is 9.89. The second kappa shape index (κ2) is 10.5. The number of hydrogen-bond donors (Lipinski definition) is 1. The lowest BCUT2D eigenvalue weighted by molar-refractivity contribution is -0.119. The van der Waals surface area contributed by atoms with E-state index in [0.717, 1.165) is 41.6 Å². The number of ether oxygens (including phenoxy) is 1. The molecule has 1 aliphatic rings. The maximum absolute atomic E-state index is 13.4. The Morgan fingerprint density at radius 3 is 2.32 bits per heavy atom. The molecule has 1 heterocycles. The minimum absolute atomic E-state index is 0.186. The Labute approximate surface area is 198 Å². The molecule has 1 aliphatic carbocycles. The van der Waals surface area contributed by atoms with E-state index in [1.807, 2.05) is 37.3 Å². The third kappa shape index (κ3) is 4.78. The number of rotatable bonds is 7. The molecule has 0 radical (unpaired) electrons. The predicted molar refractivity (Wildman–Crippen MR) is 131 cm³/mol. The number of carbonyl (C=O) groups is 2. The van der Waals surface area contributed by atoms with Gasteiger partial charge in [-0.2, -0.15) is 5.10 Å². The quantitative estimate of drug-likeness (QED) is 0.523. The summed E-state index contributed by atoms with van der Waals surface area (Å²) in [6.07, 6.45) is 3.91. The van der Waals surface area contributed by atoms with Gasteiger partial charge in [0.15, 0.2) is 0 Å². The average molecular weight is 460 g/mol. The van der Waals surface area contributed by atoms with Crippen molar-refractivity contribution in [1.29, 1.82) is 0 Å². The molecule has 0 saturated heterocycles. The van der Waals surface area contributed by atoms with E-state index >= 15 is 0 Å². The molecule has 0 aliphatic heterocycles. The second-order valence-corrected chi connectivity index (χ2v) is 8.34. The molecule has 1 amide bonds. The van der Waals surface area contributed by atoms with Crippen LogP contribution in [0.1, 0.15) is 60.6 Å². The number of fused-ring (bicyclic) bond motifs is 1. The van der Waals surface area contributed by atoms with Crippen molar-refractivity contribution in [2.24, 2.45) is 0 Å². The Morgan fingerprint density at radius 1 is 1.00 bits per heavy atom. The number of amides is 1. The predicted octanol–water partition coefficient (Wildman–Crippen LogP) is 4.56. The van der Waals surface area contributed by atoms with Gasteiger partial charge in [0.1, 0.15) is 6.04 Å². The van der Waals surface area contributed by atoms with Crippen molar-refractivity contribution in [1.82, 2.24) is 9.78 Å². The van der Waals surface area contributed by atoms with Gasteiger partial charge in [0, 0.05) is 16.8 Å². The Hall–Kier alpha value is -3.74. The van der Waals surface area contributed by atoms with Crippen LogP contribution in [0.2, 0.25) is 0 Å². The van der Waals surface area contributed by atoms with Gasteiger partial charge in [0.25, 0.3) is 5.56 Å². The summed E-state index contributed by atoms with van der Waals surface area (Å²) in [5, 5.41) is 7.59. The molecule has 7 heteroatoms. The first kappa shape index (κ1) is 23.4. The molecule has 3 aromatic rings. The largest absolute Gasteiger partial charge is 0.462 e. The third-order valence-corrected chi connectivity index (χ3v) is 6.12. The topological polar surface area (TPSA) is 90.3 Å². The van der Waals surface area contributed by atoms with Gasteiger partial charge in [-0.3, -0.25) is 9.59 Å². The molecule has 1 aromatic heterocycles. The summed E-state index contributed by atoms with van der Waals surface area (Å²) in [7, 11) is 0. The number of esters is 1. The van der Waals surface area contributed by atoms with Crippen LogP contribution in [0.4, 0.5) is 5.69 Å². The Kier molecular flexibility index (Phi) is 7.21. The van der Waals surface area contributed by atoms with Crippen molar-refractivity contribution in [2.75, 3.05) is 11.9 Å². The van der Waals surface area contributed by atoms with Crippen LogP contribution in [-0.2, 0) is 22.4 Å². The first-order valence-electron chi connectivity index (χ1n) is 11.8. The first-order valence-corrected chi connectivity index (χ1v) is 11.8. The van der Waals surface area contributed by atoms with Crippen LogP contribution in [0, 0.1) is 0 Å². The summed E-state index contributed by atoms with van der Waals surface area (Å²) in [6.45, 7) is 3.91. The molecule has 0 fully saturated rings. The number of hydrogen-bond acceptors (Lipinski definition) is 5. The van der Waals surface area contributed by atoms with E-state index in [2.05, 4.69) is 5.32 Å². The molecule has 1 atom stereocenters. The van der Waals surface area contributed by atoms with Gasteiger partial charge >= 0.3 is 5.97 Å². The summed E-state index contributed by atoms with van der Waals surface area (Å²) >= 11 is 0. The number of carbonyl (C=O) groups excluding carboxylic acids is 2. The molecule has 34 heavy (non-hydrogen) atoms. The molecule has 0 unspecified atom stereocenters. The van der Waals surface area contributed by atoms with Crippen LogP contribution in [-0.4, -0.2) is 28.3 Å². The van der Waals surface area contributed by atoms with E-state index in [4.69, 9.17) is 9.84 Å². The van der Waals surface area contributed by atoms with Gasteiger partial charge in [-0.25, -0.2) is 9.48 Å². The zero-order chi connectivity index (χ0) is 24.1. The van der Waals surface area contributed by atoms with Crippen molar-refractivity contribution in [3.05, 3.63) is 81.6 Å². The fourth-order valence-electron chi connectivity index (χ4n) is 4.39. The lowest BCUT2D eigenvalue weighted by Gasteiger charge is -2.23. The smallest absolute Gasteiger partial charge is 0.338 e. The van der Waals surface area contributed by atoms with E-state index in [0.29, 0.717) is 30.7 Å². The normalized spacial score (nSPS) is 13.6. The van der Waals surface area contributed by atoms with Crippen molar-refractivity contribution < 1.29 is 14.3 Å². The molecule has 0 spiro atoms. The summed E-state index contributed by atoms with van der Waals surface area (Å²) in [4.78, 5) is 38.5. The maximum atomic E-state index is 13.4. The van der Waals surface area contributed by atoms with E-state index in [-0.39, 0.29) is 11.5 Å². The molecule has 176 valence electrons. The molecule has 0 saturated carbocycles. The van der Waals surface area contributed by atoms with Gasteiger partial charge in [-0.15, -0.1) is 0 Å². The highest BCUT2D eigenvalue weighted by Gasteiger charge is 2.27. The number of benzene rings is 2. The zero-order valence-electron chi connectivity index (χ0n) is 19.5. The van der Waals surface area contributed by atoms with Crippen molar-refractivity contribution >= 4 is 17.6 Å². The van der Waals surface area contributed by atoms with E-state index in [9.17, 15) is 14.4 Å². The molecule has 2 aromatic carbocycles. The van der Waals surface area contributed by atoms with Crippen LogP contribution in [0.3, 0.4) is 0 Å². The highest BCUT2D eigenvalue weighted by atomic mass is 16.5. The highest BCUT2D eigenvalue weighted by Crippen LogP contribution is 2.29. The van der Waals surface area contributed by atoms with Gasteiger partial charge in [0.05, 0.1) is 17.9 Å². The molecule has 0 bridgehead atoms. The highest BCUT2D eigenvalue weighted by molar-refractivity contribution is 5.95. The Balaban J connectivity index is 1.66. The van der Waals surface area contributed by atoms with Crippen LogP contribution in [0.15, 0.2) is 59.4 Å². The van der Waals surface area contributed by atoms with E-state index < -0.39 is 12.0 Å². The summed E-state index contributed by atoms with van der Waals surface area (Å²) < 4.78 is 6.35. The monoisotopic (exact) mass is 459 g/mol. The number of anilines is 1. The van der Waals surface area contributed by atoms with Gasteiger partial charge in [-0.1, -0.05) is 37.3 Å². The van der Waals surface area contributed by atoms with Crippen LogP contribution in [0.5, 0.6) is 0 Å². The number of aromatic nitrogens is 2. The lowest BCUT2D eigenvalue weighted by Crippen LogP contribution is -2.38. The summed E-state index contributed by atoms with van der Waals surface area (Å²) in [5.41, 5.74) is 4.25. The van der Waals surface area contributed by atoms with E-state index in [1.54, 1.807) is 31.2 Å². The molecular weight excluding hydrogens is 430 g/mol. The number of nitrogens with one attached hydrogen (secondary N) is 1. The molecular formula is C27H29N3O4. The molecule has 4 rings (SSSR count). The fourth-order valence-corrected chi connectivity index (χ4v) is 4.39. The van der Waals surface area contributed by atoms with Gasteiger partial charge < -0.3 is 10.1 Å². The number of nitrogens with zero attached hydrogens (tertiary/aromatic N) is 2. The maximum Gasteiger partial charge on any atom is 0.338 e. The standard InChI is InChI=1S/C27H29N3O4/c1-3-23(25(31)28-20-16-14-19(15-17-20)27(33)34-4-2)30-26(32)22-13-9-8-12-21(22)24(29-30)18-10-6-5-7-11-18/h5-7,10-11,14-17,23H,3-4,8-9,12-13H2,1-2H3,(H,28,31)/t23-/m0/s1. The first-order chi connectivity index (χ1) is 16.5. The van der Waals surface area contributed by atoms with Crippen LogP contribution in [0.25, 0.3) is 11.3 Å². The fraction of sp³-hybridized carbons (Fsp3) is 0.333. The average Bonchev–Trinajstić information content (AvgIpc) is 2.87. The Morgan fingerprint density at radius 2 is 1.68 bits per heavy atom. The van der Waals surface area contributed by atoms with Crippen LogP contribution < -0.4 is 10.9 Å². The molecule has 1 N–H and O–H groups in total. The summed E-state index contributed by atoms with van der Waals surface area (Å²) in [5.74, 6) is -0.735. The SMILES string of the molecule is CCOC(=O)c1ccc(NC(=O)[C@H](CC)n2nc(-c3ccccc3)c3c(c2=O)CCCC3)cc1. The minimum atomic E-state index is -0.757. The minimum Gasteiger partial charge on any atom is -0.462 e.